The maximum Gasteiger partial charge on any atom is 0.393 e. The van der Waals surface area contributed by atoms with Crippen LogP contribution in [0.25, 0.3) is 0 Å². The summed E-state index contributed by atoms with van der Waals surface area (Å²) in [5.41, 5.74) is -2.22. The summed E-state index contributed by atoms with van der Waals surface area (Å²) in [4.78, 5) is 192. The van der Waals surface area contributed by atoms with Crippen molar-refractivity contribution in [3.05, 3.63) is 12.2 Å². The molecule has 5 rings (SSSR count). The number of halogens is 4. The van der Waals surface area contributed by atoms with Gasteiger partial charge < -0.3 is 69.5 Å². The van der Waals surface area contributed by atoms with E-state index in [4.69, 9.17) is 21.1 Å². The number of hydrogen-bond acceptors (Lipinski definition) is 14. The Morgan fingerprint density at radius 1 is 0.692 bits per heavy atom. The summed E-state index contributed by atoms with van der Waals surface area (Å²) >= 11 is 6.44. The molecule has 2 saturated carbocycles. The molecule has 12 amide bonds. The number of methoxy groups -OCH3 is 1. The topological polar surface area (TPSA) is 289 Å². The van der Waals surface area contributed by atoms with E-state index in [1.165, 1.54) is 88.0 Å². The molecule has 3 unspecified atom stereocenters. The number of fused-ring (bicyclic) bond motifs is 3. The minimum Gasteiger partial charge on any atom is -0.380 e. The molecule has 13 atom stereocenters. The molecule has 0 radical (unpaired) electrons. The number of amides is 12. The highest BCUT2D eigenvalue weighted by atomic mass is 35.5. The predicted octanol–water partition coefficient (Wildman–Crippen LogP) is 5.76. The number of hydrogen-bond donors (Lipinski definition) is 3. The lowest BCUT2D eigenvalue weighted by Crippen LogP contribution is -2.71. The Balaban J connectivity index is 1.69. The van der Waals surface area contributed by atoms with Gasteiger partial charge in [0.05, 0.1) is 38.1 Å². The van der Waals surface area contributed by atoms with E-state index in [1.807, 2.05) is 40.7 Å². The molecule has 2 saturated heterocycles. The average molecular weight is 1500 g/mol. The van der Waals surface area contributed by atoms with Gasteiger partial charge in [-0.3, -0.25) is 57.5 Å². The highest BCUT2D eigenvalue weighted by Gasteiger charge is 2.59. The fourth-order valence-electron chi connectivity index (χ4n) is 15.8. The van der Waals surface area contributed by atoms with Gasteiger partial charge in [0.2, 0.25) is 70.9 Å². The van der Waals surface area contributed by atoms with Gasteiger partial charge in [0.1, 0.15) is 53.9 Å². The van der Waals surface area contributed by atoms with Crippen LogP contribution >= 0.6 is 11.6 Å². The number of ether oxygens (including phenoxy) is 2. The Bertz CT molecular complexity index is 3020. The van der Waals surface area contributed by atoms with Crippen LogP contribution in [-0.2, 0) is 67.0 Å². The van der Waals surface area contributed by atoms with E-state index in [0.29, 0.717) is 38.5 Å². The quantitative estimate of drug-likeness (QED) is 0.0788. The van der Waals surface area contributed by atoms with Crippen LogP contribution in [0.3, 0.4) is 0 Å². The van der Waals surface area contributed by atoms with Gasteiger partial charge in [-0.15, -0.1) is 11.6 Å². The second-order valence-electron chi connectivity index (χ2n) is 30.8. The van der Waals surface area contributed by atoms with Gasteiger partial charge in [-0.05, 0) is 94.3 Å². The molecule has 1 spiro atoms. The van der Waals surface area contributed by atoms with Crippen LogP contribution in [0.15, 0.2) is 12.2 Å². The largest absolute Gasteiger partial charge is 0.393 e. The summed E-state index contributed by atoms with van der Waals surface area (Å²) < 4.78 is 53.9. The first-order chi connectivity index (χ1) is 48.8. The van der Waals surface area contributed by atoms with Crippen molar-refractivity contribution in [2.24, 2.45) is 29.1 Å². The third-order valence-electron chi connectivity index (χ3n) is 22.4. The molecule has 5 aliphatic rings. The van der Waals surface area contributed by atoms with Crippen molar-refractivity contribution in [3.8, 4) is 0 Å². The zero-order chi connectivity index (χ0) is 78.0. The Kier molecular flexibility index (Phi) is 33.3. The molecule has 2 aliphatic carbocycles. The summed E-state index contributed by atoms with van der Waals surface area (Å²) in [6.07, 6.45) is 3.11. The van der Waals surface area contributed by atoms with Crippen LogP contribution in [-0.4, -0.2) is 289 Å². The number of alkyl halides is 4. The summed E-state index contributed by atoms with van der Waals surface area (Å²) in [5.74, 6) is -11.7. The smallest absolute Gasteiger partial charge is 0.380 e. The lowest BCUT2D eigenvalue weighted by atomic mass is 9.58. The molecule has 4 fully saturated rings. The lowest BCUT2D eigenvalue weighted by Gasteiger charge is -2.54. The van der Waals surface area contributed by atoms with Gasteiger partial charge in [-0.2, -0.15) is 13.2 Å². The van der Waals surface area contributed by atoms with Gasteiger partial charge in [0, 0.05) is 95.0 Å². The number of rotatable bonds is 19. The van der Waals surface area contributed by atoms with Crippen molar-refractivity contribution >= 4 is 82.5 Å². The van der Waals surface area contributed by atoms with E-state index in [1.54, 1.807) is 19.9 Å². The highest BCUT2D eigenvalue weighted by molar-refractivity contribution is 6.21. The first kappa shape index (κ1) is 88.0. The molecule has 104 heavy (non-hydrogen) atoms. The number of carbonyl (C=O) groups is 12. The molecular weight excluding hydrogens is 1370 g/mol. The van der Waals surface area contributed by atoms with Crippen molar-refractivity contribution in [1.29, 1.82) is 0 Å². The minimum atomic E-state index is -4.54. The van der Waals surface area contributed by atoms with E-state index < -0.39 is 191 Å². The summed E-state index contributed by atoms with van der Waals surface area (Å²) in [6, 6.07) is -10.6. The van der Waals surface area contributed by atoms with Gasteiger partial charge >= 0.3 is 6.18 Å². The molecule has 2 bridgehead atoms. The molecule has 0 aromatic rings. The predicted molar refractivity (Wildman–Crippen MR) is 387 cm³/mol. The molecule has 0 aromatic heterocycles. The van der Waals surface area contributed by atoms with Gasteiger partial charge in [0.25, 0.3) is 0 Å². The number of nitrogens with one attached hydrogen (secondary N) is 3. The average Bonchev–Trinajstić information content (AvgIpc) is 0.900. The van der Waals surface area contributed by atoms with E-state index in [0.717, 1.165) is 38.9 Å². The molecule has 30 heteroatoms. The maximum atomic E-state index is 15.7. The highest BCUT2D eigenvalue weighted by Crippen LogP contribution is 2.50. The van der Waals surface area contributed by atoms with Crippen LogP contribution in [0.4, 0.5) is 13.2 Å². The Labute approximate surface area is 619 Å². The number of unbranched alkanes of at least 4 members (excludes halogenated alkanes) is 4. The van der Waals surface area contributed by atoms with E-state index in [2.05, 4.69) is 22.9 Å². The monoisotopic (exact) mass is 1490 g/mol. The fourth-order valence-corrected chi connectivity index (χ4v) is 16.3. The molecule has 26 nitrogen and oxygen atoms in total. The number of nitrogens with zero attached hydrogens (tertiary/aromatic N) is 9. The molecule has 3 N–H and O–H groups in total. The van der Waals surface area contributed by atoms with Gasteiger partial charge in [-0.1, -0.05) is 112 Å². The Morgan fingerprint density at radius 3 is 1.91 bits per heavy atom. The molecule has 3 aliphatic heterocycles. The Morgan fingerprint density at radius 2 is 1.34 bits per heavy atom. The van der Waals surface area contributed by atoms with Crippen molar-refractivity contribution in [2.75, 3.05) is 103 Å². The maximum absolute atomic E-state index is 15.7. The van der Waals surface area contributed by atoms with Crippen LogP contribution in [0.5, 0.6) is 0 Å². The third-order valence-corrected chi connectivity index (χ3v) is 22.8. The first-order valence-electron chi connectivity index (χ1n) is 37.6. The summed E-state index contributed by atoms with van der Waals surface area (Å²) in [7, 11) is 12.6. The third kappa shape index (κ3) is 22.3. The van der Waals surface area contributed by atoms with E-state index in [9.17, 15) is 41.9 Å². The molecule has 0 aromatic carbocycles. The van der Waals surface area contributed by atoms with Crippen molar-refractivity contribution in [2.45, 2.75) is 255 Å². The summed E-state index contributed by atoms with van der Waals surface area (Å²) in [6.45, 7) is 13.2. The first-order valence-corrected chi connectivity index (χ1v) is 38.0. The van der Waals surface area contributed by atoms with Crippen molar-refractivity contribution < 1.29 is 80.2 Å². The molecular formula is C74H122ClF3N12O14. The van der Waals surface area contributed by atoms with Crippen LogP contribution in [0.1, 0.15) is 184 Å². The normalized spacial score (nSPS) is 29.1. The Hall–Kier alpha value is -6.62. The van der Waals surface area contributed by atoms with Crippen molar-refractivity contribution in [1.82, 2.24) is 60.0 Å². The van der Waals surface area contributed by atoms with Crippen LogP contribution in [0.2, 0.25) is 0 Å². The summed E-state index contributed by atoms with van der Waals surface area (Å²) in [5, 5.41) is 7.44. The van der Waals surface area contributed by atoms with Crippen LogP contribution < -0.4 is 16.0 Å². The number of carbonyl (C=O) groups excluding carboxylic acids is 12. The van der Waals surface area contributed by atoms with Crippen molar-refractivity contribution in [3.63, 3.8) is 0 Å². The lowest BCUT2D eigenvalue weighted by molar-refractivity contribution is -0.182. The SMILES string of the molecule is CCCCCCC[C@H]1C(=O)N(C)CC(=O)N[C@@H](CCC2CCC(C(F)(F)F)C(Cl)C2)C(=O)N2C[C@H](OC)C[C@H]2C(=O)NC2(CC(C)(C)C2)C(=O)N(C)[C@@H](C(CC)CC)C(=O)N(C)[C@H](C(=O)N(C)C)CC(=O)N(C)[C@@H](COCC)C(=O)N[C@@H]([C@@H](C)CC)C(=O)N(C)CC(=O)N(C)[C@H]2C/C=C\CCN1C2=O. The van der Waals surface area contributed by atoms with Gasteiger partial charge in [0.15, 0.2) is 0 Å². The standard InChI is InChI=1S/C74H122ClF3N12O14/c1-18-23-24-25-27-31-54-67(98)83(11)41-58(91)79-52(35-33-47-32-34-50(51(75)37-47)74(76,77)78)65(96)90-40-49(103-17)38-55(90)64(95)81-73(44-72(7,8)45-73)71(102)88(16)62(48(20-3)21-4)70(101)87(15)56(66(97)82(9)10)39-59(92)86(14)57(43-104-22-5)63(94)80-61(46(6)19-2)69(100)84(12)42-60(93)85(13)53-30-28-26-29-36-89(54)68(53)99/h26,28,46-57,61-62H,18-25,27,29-45H2,1-17H3,(H,79,91)(H,80,94)(H,81,95)/b28-26-/t46-,47?,49+,50?,51?,52-,53-,54-,55-,56-,57-,61-,62-/m0/s1. The minimum absolute atomic E-state index is 0.0309. The molecule has 590 valence electrons. The number of likely N-dealkylation sites (N-methyl/N-ethyl adjacent to an activating group) is 7. The zero-order valence-corrected chi connectivity index (χ0v) is 65.6. The second-order valence-corrected chi connectivity index (χ2v) is 31.3. The van der Waals surface area contributed by atoms with Crippen LogP contribution in [0, 0.1) is 29.1 Å². The fraction of sp³-hybridized carbons (Fsp3) is 0.811. The zero-order valence-electron chi connectivity index (χ0n) is 64.9. The molecule has 3 heterocycles. The van der Waals surface area contributed by atoms with Gasteiger partial charge in [-0.25, -0.2) is 0 Å². The second kappa shape index (κ2) is 39.3. The van der Waals surface area contributed by atoms with E-state index in [-0.39, 0.29) is 90.5 Å². The van der Waals surface area contributed by atoms with E-state index >= 15 is 28.8 Å².